The highest BCUT2D eigenvalue weighted by Gasteiger charge is 2.52. The minimum atomic E-state index is 0. The third-order valence-corrected chi connectivity index (χ3v) is 6.77. The Morgan fingerprint density at radius 1 is 1.31 bits per heavy atom. The zero-order valence-electron chi connectivity index (χ0n) is 18.2. The first kappa shape index (κ1) is 22.1. The van der Waals surface area contributed by atoms with Crippen molar-refractivity contribution in [2.45, 2.75) is 52.0 Å². The van der Waals surface area contributed by atoms with Crippen LogP contribution in [0.1, 0.15) is 47.3 Å². The predicted molar refractivity (Wildman–Crippen MR) is 130 cm³/mol. The van der Waals surface area contributed by atoms with Gasteiger partial charge in [-0.2, -0.15) is 5.10 Å². The van der Waals surface area contributed by atoms with Crippen LogP contribution in [-0.2, 0) is 19.9 Å². The monoisotopic (exact) mass is 507 g/mol. The first-order valence-corrected chi connectivity index (χ1v) is 10.5. The van der Waals surface area contributed by atoms with E-state index in [0.717, 1.165) is 42.4 Å². The Hall–Kier alpha value is -1.57. The number of hydrogen-bond acceptors (Lipinski definition) is 2. The highest BCUT2D eigenvalue weighted by Crippen LogP contribution is 2.59. The van der Waals surface area contributed by atoms with E-state index in [4.69, 9.17) is 0 Å². The molecule has 1 fully saturated rings. The van der Waals surface area contributed by atoms with Crippen LogP contribution in [0.5, 0.6) is 0 Å². The molecule has 5 nitrogen and oxygen atoms in total. The Morgan fingerprint density at radius 2 is 2.07 bits per heavy atom. The number of fused-ring (bicyclic) bond motifs is 3. The van der Waals surface area contributed by atoms with Gasteiger partial charge in [0.05, 0.1) is 5.69 Å². The molecule has 2 aromatic rings. The van der Waals surface area contributed by atoms with Crippen LogP contribution in [0, 0.1) is 25.7 Å². The second-order valence-electron chi connectivity index (χ2n) is 8.57. The largest absolute Gasteiger partial charge is 0.356 e. The van der Waals surface area contributed by atoms with Crippen molar-refractivity contribution in [1.82, 2.24) is 20.4 Å². The van der Waals surface area contributed by atoms with E-state index < -0.39 is 0 Å². The summed E-state index contributed by atoms with van der Waals surface area (Å²) in [4.78, 5) is 4.45. The summed E-state index contributed by atoms with van der Waals surface area (Å²) < 4.78 is 1.97. The Labute approximate surface area is 191 Å². The Bertz CT molecular complexity index is 887. The molecule has 0 aliphatic heterocycles. The molecule has 4 rings (SSSR count). The smallest absolute Gasteiger partial charge is 0.191 e. The number of aliphatic imine (C=N–C) groups is 1. The number of halogens is 1. The molecule has 2 aliphatic carbocycles. The van der Waals surface area contributed by atoms with Crippen molar-refractivity contribution >= 4 is 29.9 Å². The summed E-state index contributed by atoms with van der Waals surface area (Å²) in [5.74, 6) is 3.23. The van der Waals surface area contributed by atoms with Crippen LogP contribution >= 0.6 is 24.0 Å². The van der Waals surface area contributed by atoms with Gasteiger partial charge in [-0.1, -0.05) is 24.3 Å². The molecule has 1 aromatic carbocycles. The fourth-order valence-electron chi connectivity index (χ4n) is 5.10. The van der Waals surface area contributed by atoms with Gasteiger partial charge in [0.15, 0.2) is 5.96 Å². The number of nitrogens with one attached hydrogen (secondary N) is 2. The summed E-state index contributed by atoms with van der Waals surface area (Å²) in [5, 5.41) is 11.7. The van der Waals surface area contributed by atoms with Gasteiger partial charge in [0.1, 0.15) is 0 Å². The van der Waals surface area contributed by atoms with E-state index in [1.54, 1.807) is 11.1 Å². The molecule has 1 heterocycles. The molecule has 4 atom stereocenters. The first-order valence-electron chi connectivity index (χ1n) is 10.5. The molecule has 0 bridgehead atoms. The van der Waals surface area contributed by atoms with Crippen molar-refractivity contribution in [2.75, 3.05) is 13.6 Å². The summed E-state index contributed by atoms with van der Waals surface area (Å²) in [6, 6.07) is 9.30. The predicted octanol–water partition coefficient (Wildman–Crippen LogP) is 3.73. The van der Waals surface area contributed by atoms with E-state index in [1.807, 2.05) is 18.8 Å². The number of hydrogen-bond donors (Lipinski definition) is 2. The fourth-order valence-corrected chi connectivity index (χ4v) is 5.10. The van der Waals surface area contributed by atoms with Gasteiger partial charge in [-0.3, -0.25) is 9.67 Å². The molecule has 2 N–H and O–H groups in total. The third kappa shape index (κ3) is 4.47. The minimum Gasteiger partial charge on any atom is -0.356 e. The van der Waals surface area contributed by atoms with Gasteiger partial charge in [0.25, 0.3) is 0 Å². The van der Waals surface area contributed by atoms with E-state index in [0.29, 0.717) is 6.04 Å². The Balaban J connectivity index is 0.00000240. The number of rotatable bonds is 5. The Morgan fingerprint density at radius 3 is 2.76 bits per heavy atom. The molecular formula is C23H34IN5. The normalized spacial score (nSPS) is 23.5. The van der Waals surface area contributed by atoms with Crippen molar-refractivity contribution < 1.29 is 0 Å². The molecule has 4 unspecified atom stereocenters. The molecule has 6 heteroatoms. The topological polar surface area (TPSA) is 54.2 Å². The van der Waals surface area contributed by atoms with Gasteiger partial charge in [-0.15, -0.1) is 24.0 Å². The lowest BCUT2D eigenvalue weighted by Gasteiger charge is -2.18. The van der Waals surface area contributed by atoms with Crippen LogP contribution in [0.25, 0.3) is 0 Å². The standard InChI is InChI=1S/C23H33N5.HI/c1-14(12-20-15(2)27-28(5)16(20)3)26-23(24-4)25-13-21-19-11-10-17-8-6-7-9-18(17)22(19)21;/h6-9,14,19,21-22H,10-13H2,1-5H3,(H2,24,25,26);1H. The van der Waals surface area contributed by atoms with Gasteiger partial charge in [0.2, 0.25) is 0 Å². The number of aromatic nitrogens is 2. The lowest BCUT2D eigenvalue weighted by Crippen LogP contribution is -2.44. The molecule has 0 amide bonds. The van der Waals surface area contributed by atoms with E-state index in [9.17, 15) is 0 Å². The van der Waals surface area contributed by atoms with Crippen molar-refractivity contribution in [3.05, 3.63) is 52.3 Å². The van der Waals surface area contributed by atoms with Gasteiger partial charge in [0, 0.05) is 32.4 Å². The summed E-state index contributed by atoms with van der Waals surface area (Å²) >= 11 is 0. The van der Waals surface area contributed by atoms with Crippen molar-refractivity contribution in [3.8, 4) is 0 Å². The van der Waals surface area contributed by atoms with Crippen molar-refractivity contribution in [2.24, 2.45) is 23.9 Å². The second kappa shape index (κ2) is 9.06. The zero-order chi connectivity index (χ0) is 19.8. The Kier molecular flexibility index (Phi) is 6.91. The first-order chi connectivity index (χ1) is 13.5. The number of nitrogens with zero attached hydrogens (tertiary/aromatic N) is 3. The summed E-state index contributed by atoms with van der Waals surface area (Å²) in [6.45, 7) is 7.45. The highest BCUT2D eigenvalue weighted by atomic mass is 127. The van der Waals surface area contributed by atoms with Crippen LogP contribution in [0.3, 0.4) is 0 Å². The lowest BCUT2D eigenvalue weighted by atomic mass is 9.92. The summed E-state index contributed by atoms with van der Waals surface area (Å²) in [5.41, 5.74) is 6.85. The van der Waals surface area contributed by atoms with Crippen LogP contribution in [0.2, 0.25) is 0 Å². The molecular weight excluding hydrogens is 473 g/mol. The molecule has 1 aromatic heterocycles. The van der Waals surface area contributed by atoms with E-state index in [-0.39, 0.29) is 24.0 Å². The number of aryl methyl sites for hydroxylation is 3. The van der Waals surface area contributed by atoms with E-state index in [1.165, 1.54) is 24.1 Å². The molecule has 2 aliphatic rings. The molecule has 29 heavy (non-hydrogen) atoms. The van der Waals surface area contributed by atoms with Crippen LogP contribution in [0.15, 0.2) is 29.3 Å². The molecule has 1 saturated carbocycles. The van der Waals surface area contributed by atoms with E-state index in [2.05, 4.69) is 65.8 Å². The van der Waals surface area contributed by atoms with Crippen LogP contribution in [-0.4, -0.2) is 35.4 Å². The molecule has 158 valence electrons. The number of guanidine groups is 1. The van der Waals surface area contributed by atoms with Gasteiger partial charge in [-0.25, -0.2) is 0 Å². The SMILES string of the molecule is CN=C(NCC1C2CCc3ccccc3C21)NC(C)Cc1c(C)nn(C)c1C.I. The summed E-state index contributed by atoms with van der Waals surface area (Å²) in [7, 11) is 3.87. The maximum absolute atomic E-state index is 4.53. The number of benzene rings is 1. The van der Waals surface area contributed by atoms with Gasteiger partial charge >= 0.3 is 0 Å². The average molecular weight is 507 g/mol. The highest BCUT2D eigenvalue weighted by molar-refractivity contribution is 14.0. The maximum atomic E-state index is 4.53. The average Bonchev–Trinajstić information content (AvgIpc) is 3.36. The van der Waals surface area contributed by atoms with Gasteiger partial charge < -0.3 is 10.6 Å². The molecule has 0 saturated heterocycles. The molecule has 0 radical (unpaired) electrons. The van der Waals surface area contributed by atoms with Crippen molar-refractivity contribution in [3.63, 3.8) is 0 Å². The minimum absolute atomic E-state index is 0. The van der Waals surface area contributed by atoms with E-state index >= 15 is 0 Å². The van der Waals surface area contributed by atoms with Crippen molar-refractivity contribution in [1.29, 1.82) is 0 Å². The quantitative estimate of drug-likeness (QED) is 0.369. The van der Waals surface area contributed by atoms with Crippen LogP contribution < -0.4 is 10.6 Å². The molecule has 0 spiro atoms. The second-order valence-corrected chi connectivity index (χ2v) is 8.57. The fraction of sp³-hybridized carbons (Fsp3) is 0.565. The summed E-state index contributed by atoms with van der Waals surface area (Å²) in [6.07, 6.45) is 3.52. The van der Waals surface area contributed by atoms with Crippen LogP contribution in [0.4, 0.5) is 0 Å². The zero-order valence-corrected chi connectivity index (χ0v) is 20.5. The maximum Gasteiger partial charge on any atom is 0.191 e. The van der Waals surface area contributed by atoms with Gasteiger partial charge in [-0.05, 0) is 74.5 Å². The third-order valence-electron chi connectivity index (χ3n) is 6.77. The lowest BCUT2D eigenvalue weighted by molar-refractivity contribution is 0.603.